The predicted octanol–water partition coefficient (Wildman–Crippen LogP) is 3.18. The second kappa shape index (κ2) is 4.55. The van der Waals surface area contributed by atoms with Crippen LogP contribution in [0.5, 0.6) is 0 Å². The topological polar surface area (TPSA) is 34.9 Å². The largest absolute Gasteiger partial charge is 0.268 e. The second-order valence-electron chi connectivity index (χ2n) is 5.62. The Balaban J connectivity index is 2.00. The van der Waals surface area contributed by atoms with Gasteiger partial charge < -0.3 is 0 Å². The Morgan fingerprint density at radius 3 is 2.76 bits per heavy atom. The van der Waals surface area contributed by atoms with Crippen LogP contribution in [0.1, 0.15) is 23.4 Å². The van der Waals surface area contributed by atoms with Crippen molar-refractivity contribution in [2.24, 2.45) is 0 Å². The Kier molecular flexibility index (Phi) is 2.67. The number of hydrogen-bond donors (Lipinski definition) is 0. The fourth-order valence-electron chi connectivity index (χ4n) is 3.25. The first kappa shape index (κ1) is 12.3. The average molecular weight is 276 g/mol. The molecule has 1 aliphatic rings. The lowest BCUT2D eigenvalue weighted by Gasteiger charge is -2.12. The summed E-state index contributed by atoms with van der Waals surface area (Å²) in [6, 6.07) is 13.9. The van der Waals surface area contributed by atoms with Crippen LogP contribution in [0.4, 0.5) is 0 Å². The lowest BCUT2D eigenvalue weighted by atomic mass is 10.1. The summed E-state index contributed by atoms with van der Waals surface area (Å²) in [5, 5.41) is 0.670. The molecule has 0 bridgehead atoms. The van der Waals surface area contributed by atoms with Crippen LogP contribution in [-0.2, 0) is 12.8 Å². The molecule has 0 atom stereocenters. The fraction of sp³-hybridized carbons (Fsp3) is 0.222. The highest BCUT2D eigenvalue weighted by Gasteiger charge is 2.14. The van der Waals surface area contributed by atoms with Crippen LogP contribution >= 0.6 is 0 Å². The van der Waals surface area contributed by atoms with E-state index in [2.05, 4.69) is 17.1 Å². The van der Waals surface area contributed by atoms with E-state index in [0.29, 0.717) is 5.39 Å². The molecule has 3 nitrogen and oxygen atoms in total. The summed E-state index contributed by atoms with van der Waals surface area (Å²) in [6.45, 7) is 1.89. The lowest BCUT2D eigenvalue weighted by Crippen LogP contribution is -2.22. The van der Waals surface area contributed by atoms with Gasteiger partial charge in [-0.2, -0.15) is 0 Å². The van der Waals surface area contributed by atoms with Gasteiger partial charge in [0.25, 0.3) is 5.56 Å². The quantitative estimate of drug-likeness (QED) is 0.684. The SMILES string of the molecule is Cc1nc2ccccc2c(=O)n1-c1ccc2c(c1)CCC2. The molecule has 0 unspecified atom stereocenters. The maximum atomic E-state index is 12.8. The highest BCUT2D eigenvalue weighted by molar-refractivity contribution is 5.77. The van der Waals surface area contributed by atoms with E-state index in [1.54, 1.807) is 4.57 Å². The van der Waals surface area contributed by atoms with Gasteiger partial charge in [0.15, 0.2) is 0 Å². The van der Waals surface area contributed by atoms with Crippen LogP contribution in [0.25, 0.3) is 16.6 Å². The number of aromatic nitrogens is 2. The van der Waals surface area contributed by atoms with Gasteiger partial charge in [-0.3, -0.25) is 9.36 Å². The number of hydrogen-bond acceptors (Lipinski definition) is 2. The predicted molar refractivity (Wildman–Crippen MR) is 84.1 cm³/mol. The van der Waals surface area contributed by atoms with E-state index >= 15 is 0 Å². The molecule has 0 aliphatic heterocycles. The third kappa shape index (κ3) is 1.88. The molecule has 1 aromatic heterocycles. The molecule has 3 heteroatoms. The van der Waals surface area contributed by atoms with Crippen LogP contribution in [0.3, 0.4) is 0 Å². The molecule has 0 amide bonds. The third-order valence-corrected chi connectivity index (χ3v) is 4.28. The van der Waals surface area contributed by atoms with Gasteiger partial charge >= 0.3 is 0 Å². The van der Waals surface area contributed by atoms with Crippen molar-refractivity contribution in [2.45, 2.75) is 26.2 Å². The highest BCUT2D eigenvalue weighted by Crippen LogP contribution is 2.24. The number of fused-ring (bicyclic) bond motifs is 2. The Hall–Kier alpha value is -2.42. The molecule has 0 spiro atoms. The fourth-order valence-corrected chi connectivity index (χ4v) is 3.25. The van der Waals surface area contributed by atoms with Gasteiger partial charge in [0.1, 0.15) is 5.82 Å². The van der Waals surface area contributed by atoms with Crippen molar-refractivity contribution in [1.82, 2.24) is 9.55 Å². The number of rotatable bonds is 1. The zero-order valence-corrected chi connectivity index (χ0v) is 12.0. The van der Waals surface area contributed by atoms with Crippen LogP contribution in [0.15, 0.2) is 47.3 Å². The van der Waals surface area contributed by atoms with E-state index in [1.807, 2.05) is 37.3 Å². The molecule has 0 N–H and O–H groups in total. The van der Waals surface area contributed by atoms with E-state index in [1.165, 1.54) is 17.5 Å². The molecular weight excluding hydrogens is 260 g/mol. The molecule has 1 heterocycles. The molecular formula is C18H16N2O. The summed E-state index contributed by atoms with van der Waals surface area (Å²) in [4.78, 5) is 17.3. The van der Waals surface area contributed by atoms with Gasteiger partial charge in [0.2, 0.25) is 0 Å². The number of nitrogens with zero attached hydrogens (tertiary/aromatic N) is 2. The molecule has 2 aromatic carbocycles. The van der Waals surface area contributed by atoms with E-state index < -0.39 is 0 Å². The summed E-state index contributed by atoms with van der Waals surface area (Å²) in [5.41, 5.74) is 4.48. The van der Waals surface area contributed by atoms with E-state index in [9.17, 15) is 4.79 Å². The van der Waals surface area contributed by atoms with Crippen LogP contribution < -0.4 is 5.56 Å². The second-order valence-corrected chi connectivity index (χ2v) is 5.62. The van der Waals surface area contributed by atoms with Crippen molar-refractivity contribution in [3.05, 3.63) is 69.8 Å². The summed E-state index contributed by atoms with van der Waals surface area (Å²) in [7, 11) is 0. The van der Waals surface area contributed by atoms with Crippen LogP contribution in [-0.4, -0.2) is 9.55 Å². The molecule has 21 heavy (non-hydrogen) atoms. The van der Waals surface area contributed by atoms with Gasteiger partial charge in [-0.15, -0.1) is 0 Å². The third-order valence-electron chi connectivity index (χ3n) is 4.28. The number of aryl methyl sites for hydroxylation is 3. The van der Waals surface area contributed by atoms with E-state index in [-0.39, 0.29) is 5.56 Å². The molecule has 104 valence electrons. The van der Waals surface area contributed by atoms with Crippen molar-refractivity contribution >= 4 is 10.9 Å². The summed E-state index contributed by atoms with van der Waals surface area (Å²) >= 11 is 0. The van der Waals surface area contributed by atoms with Crippen molar-refractivity contribution in [2.75, 3.05) is 0 Å². The van der Waals surface area contributed by atoms with Crippen molar-refractivity contribution in [1.29, 1.82) is 0 Å². The minimum atomic E-state index is 0.0102. The molecule has 0 radical (unpaired) electrons. The van der Waals surface area contributed by atoms with Gasteiger partial charge in [0, 0.05) is 0 Å². The Labute approximate surface area is 122 Å². The smallest absolute Gasteiger partial charge is 0.265 e. The molecule has 4 rings (SSSR count). The van der Waals surface area contributed by atoms with Gasteiger partial charge in [-0.25, -0.2) is 4.98 Å². The number of para-hydroxylation sites is 1. The minimum Gasteiger partial charge on any atom is -0.268 e. The monoisotopic (exact) mass is 276 g/mol. The molecule has 3 aromatic rings. The van der Waals surface area contributed by atoms with Gasteiger partial charge in [-0.1, -0.05) is 18.2 Å². The molecule has 1 aliphatic carbocycles. The molecule has 0 saturated heterocycles. The lowest BCUT2D eigenvalue weighted by molar-refractivity contribution is 0.890. The van der Waals surface area contributed by atoms with E-state index in [0.717, 1.165) is 29.9 Å². The first-order valence-electron chi connectivity index (χ1n) is 7.34. The van der Waals surface area contributed by atoms with E-state index in [4.69, 9.17) is 0 Å². The van der Waals surface area contributed by atoms with Crippen molar-refractivity contribution in [3.8, 4) is 5.69 Å². The van der Waals surface area contributed by atoms with Crippen molar-refractivity contribution in [3.63, 3.8) is 0 Å². The highest BCUT2D eigenvalue weighted by atomic mass is 16.1. The van der Waals surface area contributed by atoms with Crippen LogP contribution in [0, 0.1) is 6.92 Å². The van der Waals surface area contributed by atoms with Crippen molar-refractivity contribution < 1.29 is 0 Å². The molecule has 0 fully saturated rings. The van der Waals surface area contributed by atoms with Crippen LogP contribution in [0.2, 0.25) is 0 Å². The summed E-state index contributed by atoms with van der Waals surface area (Å²) in [5.74, 6) is 0.733. The maximum absolute atomic E-state index is 12.8. The summed E-state index contributed by atoms with van der Waals surface area (Å²) < 4.78 is 1.72. The Morgan fingerprint density at radius 1 is 1.05 bits per heavy atom. The standard InChI is InChI=1S/C18H16N2O/c1-12-19-17-8-3-2-7-16(17)18(21)20(12)15-10-9-13-5-4-6-14(13)11-15/h2-3,7-11H,4-6H2,1H3. The first-order valence-corrected chi connectivity index (χ1v) is 7.34. The Bertz CT molecular complexity index is 909. The zero-order chi connectivity index (χ0) is 14.4. The first-order chi connectivity index (χ1) is 10.2. The zero-order valence-electron chi connectivity index (χ0n) is 12.0. The van der Waals surface area contributed by atoms with Gasteiger partial charge in [0.05, 0.1) is 16.6 Å². The Morgan fingerprint density at radius 2 is 1.86 bits per heavy atom. The number of benzene rings is 2. The normalized spacial score (nSPS) is 13.6. The average Bonchev–Trinajstić information content (AvgIpc) is 2.95. The minimum absolute atomic E-state index is 0.0102. The van der Waals surface area contributed by atoms with Gasteiger partial charge in [-0.05, 0) is 61.6 Å². The summed E-state index contributed by atoms with van der Waals surface area (Å²) in [6.07, 6.45) is 3.47. The molecule has 0 saturated carbocycles. The maximum Gasteiger partial charge on any atom is 0.265 e.